The topological polar surface area (TPSA) is 89.1 Å². The zero-order valence-electron chi connectivity index (χ0n) is 14.2. The lowest BCUT2D eigenvalue weighted by molar-refractivity contribution is -0.137. The monoisotopic (exact) mass is 360 g/mol. The SMILES string of the molecule is O=C(O)Cn1ccc2cc(NC(=O)c3ccc(-n4ccnc4)cc3)ccc21. The number of aromatic nitrogens is 3. The second-order valence-electron chi connectivity index (χ2n) is 6.08. The van der Waals surface area contributed by atoms with E-state index in [1.165, 1.54) is 0 Å². The van der Waals surface area contributed by atoms with Gasteiger partial charge < -0.3 is 19.6 Å². The molecule has 134 valence electrons. The molecule has 0 saturated heterocycles. The third-order valence-electron chi connectivity index (χ3n) is 4.27. The number of carbonyl (C=O) groups excluding carboxylic acids is 1. The minimum absolute atomic E-state index is 0.0987. The highest BCUT2D eigenvalue weighted by atomic mass is 16.4. The number of hydrogen-bond acceptors (Lipinski definition) is 3. The van der Waals surface area contributed by atoms with E-state index in [0.717, 1.165) is 16.6 Å². The Morgan fingerprint density at radius 1 is 1.04 bits per heavy atom. The van der Waals surface area contributed by atoms with Gasteiger partial charge in [-0.3, -0.25) is 9.59 Å². The number of nitrogens with zero attached hydrogens (tertiary/aromatic N) is 3. The average molecular weight is 360 g/mol. The van der Waals surface area contributed by atoms with Crippen LogP contribution in [0.5, 0.6) is 0 Å². The average Bonchev–Trinajstić information content (AvgIpc) is 3.32. The molecule has 0 fully saturated rings. The molecule has 2 heterocycles. The molecule has 2 aromatic carbocycles. The first kappa shape index (κ1) is 16.6. The molecule has 0 aliphatic heterocycles. The number of carboxylic acid groups (broad SMARTS) is 1. The summed E-state index contributed by atoms with van der Waals surface area (Å²) in [6, 6.07) is 14.4. The van der Waals surface area contributed by atoms with E-state index < -0.39 is 5.97 Å². The number of carbonyl (C=O) groups is 2. The molecule has 0 saturated carbocycles. The molecule has 0 unspecified atom stereocenters. The molecule has 2 N–H and O–H groups in total. The molecule has 0 aliphatic rings. The number of carboxylic acids is 1. The van der Waals surface area contributed by atoms with Crippen molar-refractivity contribution in [2.75, 3.05) is 5.32 Å². The van der Waals surface area contributed by atoms with Gasteiger partial charge in [-0.25, -0.2) is 4.98 Å². The molecule has 1 amide bonds. The number of fused-ring (bicyclic) bond motifs is 1. The summed E-state index contributed by atoms with van der Waals surface area (Å²) in [5.74, 6) is -1.11. The van der Waals surface area contributed by atoms with Gasteiger partial charge in [0.15, 0.2) is 0 Å². The van der Waals surface area contributed by atoms with E-state index in [1.54, 1.807) is 47.6 Å². The van der Waals surface area contributed by atoms with Crippen LogP contribution in [0.1, 0.15) is 10.4 Å². The van der Waals surface area contributed by atoms with Gasteiger partial charge >= 0.3 is 5.97 Å². The predicted octanol–water partition coefficient (Wildman–Crippen LogP) is 3.16. The van der Waals surface area contributed by atoms with Crippen LogP contribution in [0, 0.1) is 0 Å². The number of benzene rings is 2. The molecule has 7 heteroatoms. The first-order valence-electron chi connectivity index (χ1n) is 8.30. The van der Waals surface area contributed by atoms with Crippen molar-refractivity contribution in [3.63, 3.8) is 0 Å². The lowest BCUT2D eigenvalue weighted by Crippen LogP contribution is -2.12. The summed E-state index contributed by atoms with van der Waals surface area (Å²) < 4.78 is 3.51. The Bertz CT molecular complexity index is 1110. The van der Waals surface area contributed by atoms with Crippen molar-refractivity contribution >= 4 is 28.5 Å². The summed E-state index contributed by atoms with van der Waals surface area (Å²) in [6.45, 7) is -0.0987. The second kappa shape index (κ2) is 6.80. The highest BCUT2D eigenvalue weighted by molar-refractivity contribution is 6.05. The Labute approximate surface area is 154 Å². The van der Waals surface area contributed by atoms with Crippen molar-refractivity contribution in [2.24, 2.45) is 0 Å². The van der Waals surface area contributed by atoms with Crippen molar-refractivity contribution < 1.29 is 14.7 Å². The van der Waals surface area contributed by atoms with E-state index in [9.17, 15) is 9.59 Å². The highest BCUT2D eigenvalue weighted by Crippen LogP contribution is 2.21. The first-order valence-corrected chi connectivity index (χ1v) is 8.30. The summed E-state index contributed by atoms with van der Waals surface area (Å²) in [6.07, 6.45) is 6.95. The summed E-state index contributed by atoms with van der Waals surface area (Å²) in [7, 11) is 0. The minimum Gasteiger partial charge on any atom is -0.480 e. The number of nitrogens with one attached hydrogen (secondary N) is 1. The van der Waals surface area contributed by atoms with Crippen molar-refractivity contribution in [1.82, 2.24) is 14.1 Å². The van der Waals surface area contributed by atoms with Crippen LogP contribution >= 0.6 is 0 Å². The second-order valence-corrected chi connectivity index (χ2v) is 6.08. The number of amides is 1. The fraction of sp³-hybridized carbons (Fsp3) is 0.0500. The molecule has 0 bridgehead atoms. The number of imidazole rings is 1. The Balaban J connectivity index is 1.51. The van der Waals surface area contributed by atoms with E-state index >= 15 is 0 Å². The number of rotatable bonds is 5. The van der Waals surface area contributed by atoms with Crippen LogP contribution in [0.2, 0.25) is 0 Å². The fourth-order valence-electron chi connectivity index (χ4n) is 2.96. The lowest BCUT2D eigenvalue weighted by atomic mass is 10.1. The number of anilines is 1. The zero-order chi connectivity index (χ0) is 18.8. The van der Waals surface area contributed by atoms with Crippen molar-refractivity contribution in [3.05, 3.63) is 79.0 Å². The standard InChI is InChI=1S/C20H16N4O3/c25-19(26)12-23-9-7-15-11-16(3-6-18(15)23)22-20(27)14-1-4-17(5-2-14)24-10-8-21-13-24/h1-11,13H,12H2,(H,22,27)(H,25,26). The van der Waals surface area contributed by atoms with Crippen molar-refractivity contribution in [2.45, 2.75) is 6.54 Å². The summed E-state index contributed by atoms with van der Waals surface area (Å²) in [4.78, 5) is 27.4. The van der Waals surface area contributed by atoms with Crippen LogP contribution in [0.3, 0.4) is 0 Å². The van der Waals surface area contributed by atoms with Gasteiger partial charge in [0, 0.05) is 46.4 Å². The highest BCUT2D eigenvalue weighted by Gasteiger charge is 2.09. The Hall–Kier alpha value is -3.87. The van der Waals surface area contributed by atoms with Crippen molar-refractivity contribution in [3.8, 4) is 5.69 Å². The molecule has 2 aromatic heterocycles. The van der Waals surface area contributed by atoms with Gasteiger partial charge in [-0.1, -0.05) is 0 Å². The summed E-state index contributed by atoms with van der Waals surface area (Å²) >= 11 is 0. The van der Waals surface area contributed by atoms with Crippen LogP contribution < -0.4 is 5.32 Å². The zero-order valence-corrected chi connectivity index (χ0v) is 14.2. The van der Waals surface area contributed by atoms with Gasteiger partial charge in [0.25, 0.3) is 5.91 Å². The van der Waals surface area contributed by atoms with Gasteiger partial charge in [0.05, 0.1) is 6.33 Å². The normalized spacial score (nSPS) is 10.8. The maximum absolute atomic E-state index is 12.5. The molecule has 0 atom stereocenters. The molecule has 4 rings (SSSR count). The largest absolute Gasteiger partial charge is 0.480 e. The van der Waals surface area contributed by atoms with Crippen LogP contribution in [-0.2, 0) is 11.3 Å². The van der Waals surface area contributed by atoms with Crippen LogP contribution in [-0.4, -0.2) is 31.1 Å². The Morgan fingerprint density at radius 2 is 1.85 bits per heavy atom. The van der Waals surface area contributed by atoms with Gasteiger partial charge in [0.2, 0.25) is 0 Å². The van der Waals surface area contributed by atoms with E-state index in [4.69, 9.17) is 5.11 Å². The maximum atomic E-state index is 12.5. The third kappa shape index (κ3) is 3.43. The maximum Gasteiger partial charge on any atom is 0.323 e. The van der Waals surface area contributed by atoms with Crippen molar-refractivity contribution in [1.29, 1.82) is 0 Å². The van der Waals surface area contributed by atoms with Gasteiger partial charge in [-0.2, -0.15) is 0 Å². The summed E-state index contributed by atoms with van der Waals surface area (Å²) in [5.41, 5.74) is 2.92. The molecule has 0 spiro atoms. The molecule has 7 nitrogen and oxygen atoms in total. The van der Waals surface area contributed by atoms with Crippen LogP contribution in [0.4, 0.5) is 5.69 Å². The van der Waals surface area contributed by atoms with E-state index in [-0.39, 0.29) is 12.5 Å². The third-order valence-corrected chi connectivity index (χ3v) is 4.27. The fourth-order valence-corrected chi connectivity index (χ4v) is 2.96. The minimum atomic E-state index is -0.899. The lowest BCUT2D eigenvalue weighted by Gasteiger charge is -2.08. The molecular weight excluding hydrogens is 344 g/mol. The Kier molecular flexibility index (Phi) is 4.18. The van der Waals surface area contributed by atoms with Gasteiger partial charge in [0.1, 0.15) is 6.54 Å². The first-order chi connectivity index (χ1) is 13.1. The van der Waals surface area contributed by atoms with Gasteiger partial charge in [-0.15, -0.1) is 0 Å². The summed E-state index contributed by atoms with van der Waals surface area (Å²) in [5, 5.41) is 12.7. The molecule has 4 aromatic rings. The van der Waals surface area contributed by atoms with Gasteiger partial charge in [-0.05, 0) is 48.5 Å². The van der Waals surface area contributed by atoms with E-state index in [0.29, 0.717) is 11.3 Å². The Morgan fingerprint density at radius 3 is 2.56 bits per heavy atom. The number of hydrogen-bond donors (Lipinski definition) is 2. The molecule has 0 radical (unpaired) electrons. The molecular formula is C20H16N4O3. The van der Waals surface area contributed by atoms with E-state index in [1.807, 2.05) is 35.0 Å². The number of aliphatic carboxylic acids is 1. The predicted molar refractivity (Wildman–Crippen MR) is 101 cm³/mol. The van der Waals surface area contributed by atoms with E-state index in [2.05, 4.69) is 10.3 Å². The van der Waals surface area contributed by atoms with Crippen LogP contribution in [0.15, 0.2) is 73.4 Å². The van der Waals surface area contributed by atoms with Crippen LogP contribution in [0.25, 0.3) is 16.6 Å². The smallest absolute Gasteiger partial charge is 0.323 e. The molecule has 0 aliphatic carbocycles. The molecule has 27 heavy (non-hydrogen) atoms. The quantitative estimate of drug-likeness (QED) is 0.572.